The number of aliphatic hydroxyl groups excluding tert-OH is 1. The molecule has 4 nitrogen and oxygen atoms in total. The van der Waals surface area contributed by atoms with Crippen LogP contribution in [0.5, 0.6) is 0 Å². The Hall–Kier alpha value is -0.910. The first-order chi connectivity index (χ1) is 9.38. The number of hydrogen-bond donors (Lipinski definition) is 1. The Labute approximate surface area is 122 Å². The lowest BCUT2D eigenvalue weighted by molar-refractivity contribution is 0.115. The molecule has 1 N–H and O–H groups in total. The molecule has 0 radical (unpaired) electrons. The smallest absolute Gasteiger partial charge is 0.175 e. The lowest BCUT2D eigenvalue weighted by atomic mass is 10.1. The number of unbranched alkanes of at least 4 members (excludes halogenated alkanes) is 1. The Morgan fingerprint density at radius 1 is 1.20 bits per heavy atom. The van der Waals surface area contributed by atoms with Crippen LogP contribution in [0, 0.1) is 0 Å². The number of rotatable bonds is 8. The van der Waals surface area contributed by atoms with E-state index < -0.39 is 15.9 Å². The molecule has 1 rings (SSSR count). The lowest BCUT2D eigenvalue weighted by Gasteiger charge is -2.23. The van der Waals surface area contributed by atoms with Crippen molar-refractivity contribution in [3.63, 3.8) is 0 Å². The number of aliphatic hydroxyl groups is 1. The van der Waals surface area contributed by atoms with Gasteiger partial charge in [0.1, 0.15) is 0 Å². The van der Waals surface area contributed by atoms with Gasteiger partial charge in [0.25, 0.3) is 0 Å². The third kappa shape index (κ3) is 5.23. The Kier molecular flexibility index (Phi) is 6.65. The third-order valence-electron chi connectivity index (χ3n) is 3.40. The molecule has 0 bridgehead atoms. The molecular formula is C15H25NO3S. The van der Waals surface area contributed by atoms with Crippen LogP contribution >= 0.6 is 0 Å². The van der Waals surface area contributed by atoms with E-state index in [1.54, 1.807) is 24.3 Å². The summed E-state index contributed by atoms with van der Waals surface area (Å²) in [5, 5.41) is 10.2. The second-order valence-corrected chi connectivity index (χ2v) is 7.12. The molecule has 0 saturated carbocycles. The van der Waals surface area contributed by atoms with Gasteiger partial charge >= 0.3 is 0 Å². The maximum Gasteiger partial charge on any atom is 0.175 e. The molecule has 0 heterocycles. The number of hydrogen-bond acceptors (Lipinski definition) is 4. The summed E-state index contributed by atoms with van der Waals surface area (Å²) in [6.45, 7) is 6.68. The van der Waals surface area contributed by atoms with Crippen LogP contribution < -0.4 is 0 Å². The van der Waals surface area contributed by atoms with E-state index in [1.807, 2.05) is 0 Å². The first kappa shape index (κ1) is 17.1. The zero-order valence-corrected chi connectivity index (χ0v) is 13.4. The molecule has 1 aromatic rings. The van der Waals surface area contributed by atoms with Crippen molar-refractivity contribution in [3.8, 4) is 0 Å². The number of benzene rings is 1. The van der Waals surface area contributed by atoms with Crippen molar-refractivity contribution in [2.75, 3.05) is 25.9 Å². The fourth-order valence-electron chi connectivity index (χ4n) is 2.05. The molecule has 0 aliphatic rings. The van der Waals surface area contributed by atoms with Gasteiger partial charge in [-0.2, -0.15) is 0 Å². The second kappa shape index (κ2) is 7.76. The molecule has 1 atom stereocenters. The highest BCUT2D eigenvalue weighted by molar-refractivity contribution is 7.90. The van der Waals surface area contributed by atoms with E-state index >= 15 is 0 Å². The van der Waals surface area contributed by atoms with Gasteiger partial charge in [0.2, 0.25) is 0 Å². The molecule has 0 fully saturated rings. The molecular weight excluding hydrogens is 274 g/mol. The minimum atomic E-state index is -3.18. The van der Waals surface area contributed by atoms with Gasteiger partial charge in [-0.3, -0.25) is 0 Å². The van der Waals surface area contributed by atoms with E-state index in [-0.39, 0.29) is 4.90 Å². The van der Waals surface area contributed by atoms with Gasteiger partial charge in [-0.1, -0.05) is 32.4 Å². The summed E-state index contributed by atoms with van der Waals surface area (Å²) in [6, 6.07) is 6.48. The molecule has 0 aliphatic heterocycles. The van der Waals surface area contributed by atoms with E-state index in [2.05, 4.69) is 18.7 Å². The minimum absolute atomic E-state index is 0.284. The molecule has 0 saturated heterocycles. The van der Waals surface area contributed by atoms with Gasteiger partial charge < -0.3 is 10.0 Å². The standard InChI is InChI=1S/C15H25NO3S/c1-4-6-11-16(5-2)12-15(17)13-7-9-14(10-8-13)20(3,18)19/h7-10,15,17H,4-6,11-12H2,1-3H3. The van der Waals surface area contributed by atoms with Crippen molar-refractivity contribution in [2.45, 2.75) is 37.7 Å². The van der Waals surface area contributed by atoms with Crippen molar-refractivity contribution in [1.29, 1.82) is 0 Å². The summed E-state index contributed by atoms with van der Waals surface area (Å²) in [6.07, 6.45) is 2.85. The van der Waals surface area contributed by atoms with Crippen LogP contribution in [0.4, 0.5) is 0 Å². The van der Waals surface area contributed by atoms with Crippen molar-refractivity contribution in [1.82, 2.24) is 4.90 Å². The highest BCUT2D eigenvalue weighted by atomic mass is 32.2. The van der Waals surface area contributed by atoms with Gasteiger partial charge in [0, 0.05) is 12.8 Å². The maximum absolute atomic E-state index is 11.4. The van der Waals surface area contributed by atoms with Gasteiger partial charge in [-0.15, -0.1) is 0 Å². The number of likely N-dealkylation sites (N-methyl/N-ethyl adjacent to an activating group) is 1. The zero-order valence-electron chi connectivity index (χ0n) is 12.5. The highest BCUT2D eigenvalue weighted by Gasteiger charge is 2.13. The molecule has 0 aromatic heterocycles. The second-order valence-electron chi connectivity index (χ2n) is 5.10. The Morgan fingerprint density at radius 3 is 2.25 bits per heavy atom. The number of sulfone groups is 1. The van der Waals surface area contributed by atoms with E-state index in [0.717, 1.165) is 31.5 Å². The first-order valence-corrected chi connectivity index (χ1v) is 8.98. The SMILES string of the molecule is CCCCN(CC)CC(O)c1ccc(S(C)(=O)=O)cc1. The fourth-order valence-corrected chi connectivity index (χ4v) is 2.68. The predicted molar refractivity (Wildman–Crippen MR) is 81.5 cm³/mol. The normalized spacial score (nSPS) is 13.7. The summed E-state index contributed by atoms with van der Waals surface area (Å²) >= 11 is 0. The van der Waals surface area contributed by atoms with E-state index in [1.165, 1.54) is 6.26 Å². The van der Waals surface area contributed by atoms with Crippen LogP contribution in [0.3, 0.4) is 0 Å². The Morgan fingerprint density at radius 2 is 1.80 bits per heavy atom. The molecule has 20 heavy (non-hydrogen) atoms. The van der Waals surface area contributed by atoms with Gasteiger partial charge in [0.15, 0.2) is 9.84 Å². The van der Waals surface area contributed by atoms with Crippen molar-refractivity contribution < 1.29 is 13.5 Å². The van der Waals surface area contributed by atoms with Gasteiger partial charge in [0.05, 0.1) is 11.0 Å². The highest BCUT2D eigenvalue weighted by Crippen LogP contribution is 2.17. The van der Waals surface area contributed by atoms with Gasteiger partial charge in [-0.25, -0.2) is 8.42 Å². The van der Waals surface area contributed by atoms with Crippen molar-refractivity contribution >= 4 is 9.84 Å². The predicted octanol–water partition coefficient (Wildman–Crippen LogP) is 2.25. The third-order valence-corrected chi connectivity index (χ3v) is 4.53. The van der Waals surface area contributed by atoms with Gasteiger partial charge in [-0.05, 0) is 37.2 Å². The van der Waals surface area contributed by atoms with Crippen LogP contribution in [-0.4, -0.2) is 44.3 Å². The van der Waals surface area contributed by atoms with E-state index in [9.17, 15) is 13.5 Å². The quantitative estimate of drug-likeness (QED) is 0.800. The van der Waals surface area contributed by atoms with Crippen LogP contribution in [0.1, 0.15) is 38.4 Å². The average Bonchev–Trinajstić information content (AvgIpc) is 2.42. The molecule has 114 valence electrons. The van der Waals surface area contributed by atoms with Crippen LogP contribution in [0.25, 0.3) is 0 Å². The topological polar surface area (TPSA) is 57.6 Å². The first-order valence-electron chi connectivity index (χ1n) is 7.09. The van der Waals surface area contributed by atoms with Crippen LogP contribution in [-0.2, 0) is 9.84 Å². The van der Waals surface area contributed by atoms with Crippen LogP contribution in [0.15, 0.2) is 29.2 Å². The summed E-state index contributed by atoms with van der Waals surface area (Å²) < 4.78 is 22.8. The summed E-state index contributed by atoms with van der Waals surface area (Å²) in [7, 11) is -3.18. The van der Waals surface area contributed by atoms with Crippen molar-refractivity contribution in [3.05, 3.63) is 29.8 Å². The molecule has 0 aliphatic carbocycles. The maximum atomic E-state index is 11.4. The summed E-state index contributed by atoms with van der Waals surface area (Å²) in [4.78, 5) is 2.49. The lowest BCUT2D eigenvalue weighted by Crippen LogP contribution is -2.29. The number of nitrogens with zero attached hydrogens (tertiary/aromatic N) is 1. The fraction of sp³-hybridized carbons (Fsp3) is 0.600. The molecule has 5 heteroatoms. The van der Waals surface area contributed by atoms with Crippen molar-refractivity contribution in [2.24, 2.45) is 0 Å². The minimum Gasteiger partial charge on any atom is -0.387 e. The Bertz CT molecular complexity index is 496. The molecule has 0 spiro atoms. The summed E-state index contributed by atoms with van der Waals surface area (Å²) in [5.41, 5.74) is 0.757. The van der Waals surface area contributed by atoms with Crippen LogP contribution in [0.2, 0.25) is 0 Å². The van der Waals surface area contributed by atoms with E-state index in [0.29, 0.717) is 6.54 Å². The largest absolute Gasteiger partial charge is 0.387 e. The zero-order chi connectivity index (χ0) is 15.2. The molecule has 1 unspecified atom stereocenters. The molecule has 0 amide bonds. The average molecular weight is 299 g/mol. The Balaban J connectivity index is 2.69. The van der Waals surface area contributed by atoms with E-state index in [4.69, 9.17) is 0 Å². The summed E-state index contributed by atoms with van der Waals surface area (Å²) in [5.74, 6) is 0. The monoisotopic (exact) mass is 299 g/mol. The molecule has 1 aromatic carbocycles.